The molecule has 0 radical (unpaired) electrons. The number of nitrogens with one attached hydrogen (secondary N) is 2. The monoisotopic (exact) mass is 256 g/mol. The Hall–Kier alpha value is -1.31. The molecule has 100 valence electrons. The van der Waals surface area contributed by atoms with E-state index in [9.17, 15) is 14.4 Å². The van der Waals surface area contributed by atoms with Gasteiger partial charge in [0.1, 0.15) is 0 Å². The van der Waals surface area contributed by atoms with E-state index in [1.54, 1.807) is 6.92 Å². The number of halogens is 1. The third-order valence-electron chi connectivity index (χ3n) is 3.06. The molecule has 0 amide bonds. The van der Waals surface area contributed by atoms with E-state index in [0.29, 0.717) is 0 Å². The molecule has 2 rings (SSSR count). The highest BCUT2D eigenvalue weighted by atomic mass is 19.1. The predicted octanol–water partition coefficient (Wildman–Crippen LogP) is 0.503. The first kappa shape index (κ1) is 13.1. The summed E-state index contributed by atoms with van der Waals surface area (Å²) in [7, 11) is 0. The van der Waals surface area contributed by atoms with Gasteiger partial charge in [-0.15, -0.1) is 5.17 Å². The van der Waals surface area contributed by atoms with E-state index in [-0.39, 0.29) is 24.4 Å². The molecule has 2 aliphatic rings. The predicted molar refractivity (Wildman–Crippen MR) is 63.5 cm³/mol. The number of hydrazine groups is 1. The molecule has 1 heterocycles. The SMILES string of the molecule is CCC(F)(C=O)C1=CC=NC(NN(O)C2CC2)N1. The first-order valence-electron chi connectivity index (χ1n) is 5.99. The van der Waals surface area contributed by atoms with Gasteiger partial charge in [-0.1, -0.05) is 6.92 Å². The van der Waals surface area contributed by atoms with Gasteiger partial charge in [0.05, 0.1) is 11.7 Å². The number of carbonyl (C=O) groups is 1. The molecule has 1 saturated carbocycles. The number of hydroxylamine groups is 1. The second-order valence-corrected chi connectivity index (χ2v) is 4.46. The van der Waals surface area contributed by atoms with Crippen molar-refractivity contribution in [3.05, 3.63) is 11.8 Å². The Morgan fingerprint density at radius 2 is 2.50 bits per heavy atom. The smallest absolute Gasteiger partial charge is 0.204 e. The van der Waals surface area contributed by atoms with Crippen LogP contribution in [0, 0.1) is 0 Å². The van der Waals surface area contributed by atoms with Crippen molar-refractivity contribution in [3.63, 3.8) is 0 Å². The molecule has 1 fully saturated rings. The van der Waals surface area contributed by atoms with Crippen LogP contribution in [0.15, 0.2) is 16.8 Å². The molecular formula is C11H17FN4O2. The molecule has 0 spiro atoms. The van der Waals surface area contributed by atoms with E-state index in [1.165, 1.54) is 12.3 Å². The normalized spacial score (nSPS) is 26.4. The fraction of sp³-hybridized carbons (Fsp3) is 0.636. The van der Waals surface area contributed by atoms with Crippen molar-refractivity contribution >= 4 is 12.5 Å². The standard InChI is InChI=1S/C11H17FN4O2/c1-2-11(12,7-17)9-5-6-13-10(14-9)15-16(18)8-3-4-8/h5-8,10,14-15,18H,2-4H2,1H3. The minimum Gasteiger partial charge on any atom is -0.351 e. The fourth-order valence-electron chi connectivity index (χ4n) is 1.65. The zero-order chi connectivity index (χ0) is 13.2. The zero-order valence-electron chi connectivity index (χ0n) is 10.1. The Bertz CT molecular complexity index is 383. The summed E-state index contributed by atoms with van der Waals surface area (Å²) in [6.07, 6.45) is 4.32. The van der Waals surface area contributed by atoms with Crippen molar-refractivity contribution in [2.24, 2.45) is 4.99 Å². The zero-order valence-corrected chi connectivity index (χ0v) is 10.1. The molecule has 0 bridgehead atoms. The Morgan fingerprint density at radius 3 is 3.06 bits per heavy atom. The van der Waals surface area contributed by atoms with Crippen molar-refractivity contribution in [2.75, 3.05) is 0 Å². The van der Waals surface area contributed by atoms with Crippen molar-refractivity contribution in [3.8, 4) is 0 Å². The topological polar surface area (TPSA) is 77.0 Å². The molecule has 2 unspecified atom stereocenters. The maximum Gasteiger partial charge on any atom is 0.204 e. The van der Waals surface area contributed by atoms with Gasteiger partial charge in [0.15, 0.2) is 12.6 Å². The van der Waals surface area contributed by atoms with Gasteiger partial charge in [0, 0.05) is 6.21 Å². The highest BCUT2D eigenvalue weighted by Crippen LogP contribution is 2.25. The van der Waals surface area contributed by atoms with Crippen molar-refractivity contribution in [2.45, 2.75) is 44.2 Å². The van der Waals surface area contributed by atoms with E-state index >= 15 is 0 Å². The lowest BCUT2D eigenvalue weighted by molar-refractivity contribution is -0.156. The lowest BCUT2D eigenvalue weighted by Gasteiger charge is -2.30. The fourth-order valence-corrected chi connectivity index (χ4v) is 1.65. The number of carbonyl (C=O) groups excluding carboxylic acids is 1. The minimum atomic E-state index is -2.04. The van der Waals surface area contributed by atoms with Crippen LogP contribution in [0.4, 0.5) is 4.39 Å². The van der Waals surface area contributed by atoms with Crippen LogP contribution in [0.5, 0.6) is 0 Å². The molecular weight excluding hydrogens is 239 g/mol. The Kier molecular flexibility index (Phi) is 3.74. The number of hydrogen-bond donors (Lipinski definition) is 3. The number of rotatable bonds is 6. The number of aldehydes is 1. The second-order valence-electron chi connectivity index (χ2n) is 4.46. The van der Waals surface area contributed by atoms with Crippen LogP contribution in [-0.4, -0.2) is 40.9 Å². The van der Waals surface area contributed by atoms with Crippen LogP contribution in [0.1, 0.15) is 26.2 Å². The van der Waals surface area contributed by atoms with Crippen molar-refractivity contribution in [1.29, 1.82) is 0 Å². The van der Waals surface area contributed by atoms with Gasteiger partial charge in [-0.3, -0.25) is 15.0 Å². The van der Waals surface area contributed by atoms with E-state index < -0.39 is 12.0 Å². The van der Waals surface area contributed by atoms with Crippen LogP contribution < -0.4 is 10.7 Å². The lowest BCUT2D eigenvalue weighted by Crippen LogP contribution is -2.53. The van der Waals surface area contributed by atoms with Gasteiger partial charge in [-0.2, -0.15) is 5.43 Å². The summed E-state index contributed by atoms with van der Waals surface area (Å²) in [5, 5.41) is 13.3. The third-order valence-corrected chi connectivity index (χ3v) is 3.06. The Labute approximate surface area is 104 Å². The summed E-state index contributed by atoms with van der Waals surface area (Å²) in [6, 6.07) is 0.0868. The molecule has 1 aliphatic carbocycles. The molecule has 18 heavy (non-hydrogen) atoms. The summed E-state index contributed by atoms with van der Waals surface area (Å²) >= 11 is 0. The quantitative estimate of drug-likeness (QED) is 0.476. The van der Waals surface area contributed by atoms with Gasteiger partial charge in [0.25, 0.3) is 0 Å². The number of alkyl halides is 1. The number of allylic oxidation sites excluding steroid dienone is 2. The summed E-state index contributed by atoms with van der Waals surface area (Å²) in [4.78, 5) is 14.8. The van der Waals surface area contributed by atoms with Crippen LogP contribution >= 0.6 is 0 Å². The molecule has 6 nitrogen and oxygen atoms in total. The Balaban J connectivity index is 1.97. The molecule has 7 heteroatoms. The van der Waals surface area contributed by atoms with Gasteiger partial charge < -0.3 is 5.32 Å². The summed E-state index contributed by atoms with van der Waals surface area (Å²) < 4.78 is 14.2. The maximum absolute atomic E-state index is 14.2. The van der Waals surface area contributed by atoms with Gasteiger partial charge >= 0.3 is 0 Å². The average Bonchev–Trinajstić information content (AvgIpc) is 3.22. The van der Waals surface area contributed by atoms with E-state index in [0.717, 1.165) is 18.0 Å². The maximum atomic E-state index is 14.2. The number of aliphatic imine (C=N–C) groups is 1. The molecule has 0 aromatic heterocycles. The van der Waals surface area contributed by atoms with Gasteiger partial charge in [0.2, 0.25) is 5.67 Å². The summed E-state index contributed by atoms with van der Waals surface area (Å²) in [5.41, 5.74) is 0.802. The second kappa shape index (κ2) is 5.13. The van der Waals surface area contributed by atoms with Crippen LogP contribution in [0.2, 0.25) is 0 Å². The van der Waals surface area contributed by atoms with Crippen LogP contribution in [-0.2, 0) is 4.79 Å². The molecule has 0 saturated heterocycles. The highest BCUT2D eigenvalue weighted by molar-refractivity contribution is 5.78. The van der Waals surface area contributed by atoms with E-state index in [4.69, 9.17) is 0 Å². The lowest BCUT2D eigenvalue weighted by atomic mass is 9.99. The molecule has 1 aliphatic heterocycles. The molecule has 0 aromatic carbocycles. The minimum absolute atomic E-state index is 0.0430. The molecule has 3 N–H and O–H groups in total. The van der Waals surface area contributed by atoms with E-state index in [1.807, 2.05) is 0 Å². The largest absolute Gasteiger partial charge is 0.351 e. The van der Waals surface area contributed by atoms with E-state index in [2.05, 4.69) is 15.7 Å². The van der Waals surface area contributed by atoms with Crippen molar-refractivity contribution < 1.29 is 14.4 Å². The first-order valence-corrected chi connectivity index (χ1v) is 5.99. The van der Waals surface area contributed by atoms with Crippen molar-refractivity contribution in [1.82, 2.24) is 15.9 Å². The molecule has 0 aromatic rings. The third kappa shape index (κ3) is 2.74. The van der Waals surface area contributed by atoms with Gasteiger partial charge in [-0.05, 0) is 25.3 Å². The summed E-state index contributed by atoms with van der Waals surface area (Å²) in [5.74, 6) is 0. The molecule has 2 atom stereocenters. The van der Waals surface area contributed by atoms with Crippen LogP contribution in [0.3, 0.4) is 0 Å². The van der Waals surface area contributed by atoms with Crippen LogP contribution in [0.25, 0.3) is 0 Å². The number of nitrogens with zero attached hydrogens (tertiary/aromatic N) is 2. The average molecular weight is 256 g/mol. The Morgan fingerprint density at radius 1 is 1.78 bits per heavy atom. The number of hydrogen-bond acceptors (Lipinski definition) is 6. The van der Waals surface area contributed by atoms with Gasteiger partial charge in [-0.25, -0.2) is 4.39 Å². The first-order chi connectivity index (χ1) is 8.59. The highest BCUT2D eigenvalue weighted by Gasteiger charge is 2.35. The summed E-state index contributed by atoms with van der Waals surface area (Å²) in [6.45, 7) is 1.59.